The van der Waals surface area contributed by atoms with Crippen LogP contribution in [0.5, 0.6) is 0 Å². The average molecular weight is 722 g/mol. The van der Waals surface area contributed by atoms with E-state index in [2.05, 4.69) is 140 Å². The highest BCUT2D eigenvalue weighted by atomic mass is 16.1. The predicted octanol–water partition coefficient (Wildman–Crippen LogP) is 11.4. The molecule has 0 spiro atoms. The average Bonchev–Trinajstić information content (AvgIpc) is 3.48. The van der Waals surface area contributed by atoms with Crippen molar-refractivity contribution in [1.82, 2.24) is 24.1 Å². The van der Waals surface area contributed by atoms with E-state index >= 15 is 0 Å². The van der Waals surface area contributed by atoms with Crippen LogP contribution in [0.15, 0.2) is 181 Å². The molecule has 2 aromatic heterocycles. The van der Waals surface area contributed by atoms with Crippen molar-refractivity contribution >= 4 is 32.6 Å². The molecular weight excluding hydrogens is 687 g/mol. The molecule has 0 amide bonds. The highest BCUT2D eigenvalue weighted by Gasteiger charge is 2.22. The van der Waals surface area contributed by atoms with Crippen molar-refractivity contribution in [3.8, 4) is 67.5 Å². The molecule has 56 heavy (non-hydrogen) atoms. The van der Waals surface area contributed by atoms with Crippen LogP contribution in [0, 0.1) is 0 Å². The van der Waals surface area contributed by atoms with E-state index < -0.39 is 0 Å². The molecule has 0 radical (unpaired) electrons. The van der Waals surface area contributed by atoms with Gasteiger partial charge in [-0.3, -0.25) is 9.13 Å². The molecular formula is C50H35N5O. The molecule has 0 saturated carbocycles. The van der Waals surface area contributed by atoms with Crippen molar-refractivity contribution in [3.63, 3.8) is 0 Å². The largest absolute Gasteiger partial charge is 0.328 e. The van der Waals surface area contributed by atoms with Gasteiger partial charge in [-0.1, -0.05) is 158 Å². The first-order valence-electron chi connectivity index (χ1n) is 18.7. The van der Waals surface area contributed by atoms with E-state index in [0.29, 0.717) is 17.5 Å². The SMILES string of the molecule is Cn1c(=O)n(C)c2cc(-c3c4ccccc4c(-c4ccccc4-c4nc(-c5ccccc5)nc(-c5cccc(-c6ccccc6)c5)n4)c4ccccc34)ccc21. The molecule has 8 aromatic carbocycles. The van der Waals surface area contributed by atoms with Crippen LogP contribution in [0.4, 0.5) is 0 Å². The van der Waals surface area contributed by atoms with E-state index in [9.17, 15) is 4.79 Å². The van der Waals surface area contributed by atoms with Gasteiger partial charge < -0.3 is 0 Å². The smallest absolute Gasteiger partial charge is 0.295 e. The third-order valence-electron chi connectivity index (χ3n) is 10.8. The van der Waals surface area contributed by atoms with E-state index in [1.54, 1.807) is 9.13 Å². The highest BCUT2D eigenvalue weighted by Crippen LogP contribution is 2.46. The topological polar surface area (TPSA) is 65.6 Å². The summed E-state index contributed by atoms with van der Waals surface area (Å²) in [5, 5.41) is 4.47. The third kappa shape index (κ3) is 5.50. The Labute approximate surface area is 323 Å². The first-order valence-corrected chi connectivity index (χ1v) is 18.7. The quantitative estimate of drug-likeness (QED) is 0.160. The number of rotatable bonds is 6. The van der Waals surface area contributed by atoms with Crippen LogP contribution in [0.25, 0.3) is 100 Å². The van der Waals surface area contributed by atoms with Gasteiger partial charge in [0.05, 0.1) is 11.0 Å². The fourth-order valence-electron chi connectivity index (χ4n) is 8.10. The number of hydrogen-bond acceptors (Lipinski definition) is 4. The molecule has 2 heterocycles. The Morgan fingerprint density at radius 2 is 0.839 bits per heavy atom. The minimum Gasteiger partial charge on any atom is -0.295 e. The summed E-state index contributed by atoms with van der Waals surface area (Å²) < 4.78 is 3.42. The van der Waals surface area contributed by atoms with Crippen LogP contribution in [-0.2, 0) is 14.1 Å². The summed E-state index contributed by atoms with van der Waals surface area (Å²) in [5.41, 5.74) is 11.0. The molecule has 6 heteroatoms. The van der Waals surface area contributed by atoms with E-state index in [0.717, 1.165) is 82.6 Å². The monoisotopic (exact) mass is 721 g/mol. The Kier molecular flexibility index (Phi) is 7.96. The fourth-order valence-corrected chi connectivity index (χ4v) is 8.10. The van der Waals surface area contributed by atoms with Gasteiger partial charge in [-0.15, -0.1) is 0 Å². The summed E-state index contributed by atoms with van der Waals surface area (Å²) in [6.07, 6.45) is 0. The zero-order chi connectivity index (χ0) is 37.8. The van der Waals surface area contributed by atoms with E-state index in [4.69, 9.17) is 15.0 Å². The number of nitrogens with zero attached hydrogens (tertiary/aromatic N) is 5. The minimum atomic E-state index is -0.0420. The second-order valence-corrected chi connectivity index (χ2v) is 14.1. The maximum Gasteiger partial charge on any atom is 0.328 e. The Morgan fingerprint density at radius 1 is 0.357 bits per heavy atom. The minimum absolute atomic E-state index is 0.0420. The van der Waals surface area contributed by atoms with Crippen LogP contribution < -0.4 is 5.69 Å². The Morgan fingerprint density at radius 3 is 1.50 bits per heavy atom. The first kappa shape index (κ1) is 33.2. The van der Waals surface area contributed by atoms with Crippen LogP contribution in [-0.4, -0.2) is 24.1 Å². The summed E-state index contributed by atoms with van der Waals surface area (Å²) in [5.74, 6) is 1.82. The lowest BCUT2D eigenvalue weighted by Gasteiger charge is -2.19. The Balaban J connectivity index is 1.22. The summed E-state index contributed by atoms with van der Waals surface area (Å²) >= 11 is 0. The normalized spacial score (nSPS) is 11.5. The number of benzene rings is 8. The van der Waals surface area contributed by atoms with Crippen LogP contribution >= 0.6 is 0 Å². The zero-order valence-electron chi connectivity index (χ0n) is 30.9. The summed E-state index contributed by atoms with van der Waals surface area (Å²) in [6.45, 7) is 0. The molecule has 0 saturated heterocycles. The van der Waals surface area contributed by atoms with E-state index in [1.807, 2.05) is 50.5 Å². The molecule has 0 fully saturated rings. The zero-order valence-corrected chi connectivity index (χ0v) is 30.9. The molecule has 0 aliphatic rings. The Bertz CT molecular complexity index is 3130. The number of imidazole rings is 1. The lowest BCUT2D eigenvalue weighted by atomic mass is 9.84. The molecule has 0 aliphatic carbocycles. The lowest BCUT2D eigenvalue weighted by molar-refractivity contribution is 0.795. The van der Waals surface area contributed by atoms with Gasteiger partial charge in [0.15, 0.2) is 17.5 Å². The second-order valence-electron chi connectivity index (χ2n) is 14.1. The molecule has 0 unspecified atom stereocenters. The second kappa shape index (κ2) is 13.4. The van der Waals surface area contributed by atoms with Gasteiger partial charge in [0.1, 0.15) is 0 Å². The molecule has 266 valence electrons. The maximum atomic E-state index is 12.9. The van der Waals surface area contributed by atoms with Gasteiger partial charge in [-0.05, 0) is 73.1 Å². The highest BCUT2D eigenvalue weighted by molar-refractivity contribution is 6.22. The molecule has 6 nitrogen and oxygen atoms in total. The number of aromatic nitrogens is 5. The summed E-state index contributed by atoms with van der Waals surface area (Å²) in [7, 11) is 3.65. The van der Waals surface area contributed by atoms with Crippen molar-refractivity contribution in [2.24, 2.45) is 14.1 Å². The lowest BCUT2D eigenvalue weighted by Crippen LogP contribution is -2.19. The van der Waals surface area contributed by atoms with Crippen LogP contribution in [0.2, 0.25) is 0 Å². The summed E-state index contributed by atoms with van der Waals surface area (Å²) in [6, 6.07) is 60.9. The van der Waals surface area contributed by atoms with Crippen molar-refractivity contribution in [2.75, 3.05) is 0 Å². The van der Waals surface area contributed by atoms with Gasteiger partial charge in [-0.2, -0.15) is 0 Å². The van der Waals surface area contributed by atoms with Gasteiger partial charge in [-0.25, -0.2) is 19.7 Å². The summed E-state index contributed by atoms with van der Waals surface area (Å²) in [4.78, 5) is 28.4. The van der Waals surface area contributed by atoms with Gasteiger partial charge >= 0.3 is 5.69 Å². The van der Waals surface area contributed by atoms with Crippen LogP contribution in [0.1, 0.15) is 0 Å². The number of aryl methyl sites for hydroxylation is 2. The third-order valence-corrected chi connectivity index (χ3v) is 10.8. The van der Waals surface area contributed by atoms with Crippen molar-refractivity contribution < 1.29 is 0 Å². The Hall–Kier alpha value is -7.44. The van der Waals surface area contributed by atoms with Gasteiger partial charge in [0.2, 0.25) is 0 Å². The molecule has 0 atom stereocenters. The number of hydrogen-bond donors (Lipinski definition) is 0. The predicted molar refractivity (Wildman–Crippen MR) is 229 cm³/mol. The molecule has 10 aromatic rings. The van der Waals surface area contributed by atoms with Gasteiger partial charge in [0, 0.05) is 30.8 Å². The van der Waals surface area contributed by atoms with Crippen molar-refractivity contribution in [3.05, 3.63) is 186 Å². The van der Waals surface area contributed by atoms with Crippen molar-refractivity contribution in [2.45, 2.75) is 0 Å². The maximum absolute atomic E-state index is 12.9. The molecule has 0 bridgehead atoms. The first-order chi connectivity index (χ1) is 27.5. The van der Waals surface area contributed by atoms with E-state index in [-0.39, 0.29) is 5.69 Å². The van der Waals surface area contributed by atoms with Gasteiger partial charge in [0.25, 0.3) is 0 Å². The van der Waals surface area contributed by atoms with E-state index in [1.165, 1.54) is 0 Å². The number of fused-ring (bicyclic) bond motifs is 3. The molecule has 10 rings (SSSR count). The van der Waals surface area contributed by atoms with Crippen LogP contribution in [0.3, 0.4) is 0 Å². The fraction of sp³-hybridized carbons (Fsp3) is 0.0400. The molecule has 0 aliphatic heterocycles. The standard InChI is InChI=1S/C50H35N5O/c1-54-43-29-28-35(31-44(43)55(2)50(54)56)45-37-22-9-11-24-39(37)46(40-25-12-10-23-38(40)45)41-26-13-14-27-42(41)49-52-47(33-18-7-4-8-19-33)51-48(53-49)36-21-15-20-34(30-36)32-16-5-3-6-17-32/h3-31H,1-2H3. The molecule has 0 N–H and O–H groups in total. The van der Waals surface area contributed by atoms with Crippen molar-refractivity contribution in [1.29, 1.82) is 0 Å².